The SMILES string of the molecule is CC(C)C(=O)C(=O)NCSC(CC(=O)O)c1ccccc1. The summed E-state index contributed by atoms with van der Waals surface area (Å²) in [6.07, 6.45) is -0.0390. The molecule has 0 aromatic heterocycles. The van der Waals surface area contributed by atoms with Crippen LogP contribution in [0.1, 0.15) is 31.1 Å². The molecule has 0 saturated heterocycles. The second-order valence-electron chi connectivity index (χ2n) is 4.83. The molecular weight excluding hydrogens is 290 g/mol. The number of hydrogen-bond acceptors (Lipinski definition) is 4. The molecule has 1 aromatic carbocycles. The van der Waals surface area contributed by atoms with Crippen LogP contribution >= 0.6 is 11.8 Å². The Morgan fingerprint density at radius 3 is 2.33 bits per heavy atom. The number of hydrogen-bond donors (Lipinski definition) is 2. The first-order chi connectivity index (χ1) is 9.91. The van der Waals surface area contributed by atoms with Crippen LogP contribution < -0.4 is 5.32 Å². The predicted molar refractivity (Wildman–Crippen MR) is 81.9 cm³/mol. The second kappa shape index (κ2) is 8.46. The lowest BCUT2D eigenvalue weighted by Gasteiger charge is -2.15. The van der Waals surface area contributed by atoms with Crippen LogP contribution in [0.5, 0.6) is 0 Å². The monoisotopic (exact) mass is 309 g/mol. The summed E-state index contributed by atoms with van der Waals surface area (Å²) in [7, 11) is 0. The highest BCUT2D eigenvalue weighted by molar-refractivity contribution is 7.99. The number of nitrogens with one attached hydrogen (secondary N) is 1. The minimum atomic E-state index is -0.902. The maximum Gasteiger partial charge on any atom is 0.304 e. The fraction of sp³-hybridized carbons (Fsp3) is 0.400. The first-order valence-corrected chi connectivity index (χ1v) is 7.67. The van der Waals surface area contributed by atoms with E-state index in [9.17, 15) is 14.4 Å². The summed E-state index contributed by atoms with van der Waals surface area (Å²) in [5.41, 5.74) is 0.884. The molecule has 0 fully saturated rings. The van der Waals surface area contributed by atoms with Gasteiger partial charge >= 0.3 is 5.97 Å². The molecule has 0 saturated carbocycles. The zero-order chi connectivity index (χ0) is 15.8. The molecule has 21 heavy (non-hydrogen) atoms. The predicted octanol–water partition coefficient (Wildman–Crippen LogP) is 2.23. The number of ketones is 1. The lowest BCUT2D eigenvalue weighted by molar-refractivity contribution is -0.139. The van der Waals surface area contributed by atoms with E-state index in [2.05, 4.69) is 5.32 Å². The normalized spacial score (nSPS) is 12.0. The number of rotatable bonds is 8. The molecule has 1 unspecified atom stereocenters. The quantitative estimate of drug-likeness (QED) is 0.568. The third-order valence-corrected chi connectivity index (χ3v) is 3.95. The van der Waals surface area contributed by atoms with Gasteiger partial charge in [-0.3, -0.25) is 14.4 Å². The van der Waals surface area contributed by atoms with Gasteiger partial charge in [-0.2, -0.15) is 0 Å². The van der Waals surface area contributed by atoms with Crippen LogP contribution in [0.4, 0.5) is 0 Å². The summed E-state index contributed by atoms with van der Waals surface area (Å²) in [5.74, 6) is -2.14. The van der Waals surface area contributed by atoms with Crippen molar-refractivity contribution in [1.29, 1.82) is 0 Å². The fourth-order valence-electron chi connectivity index (χ4n) is 1.66. The Morgan fingerprint density at radius 2 is 1.81 bits per heavy atom. The Hall–Kier alpha value is -1.82. The molecule has 1 rings (SSSR count). The molecule has 0 heterocycles. The van der Waals surface area contributed by atoms with E-state index in [0.29, 0.717) is 0 Å². The van der Waals surface area contributed by atoms with Gasteiger partial charge in [0.2, 0.25) is 5.78 Å². The van der Waals surface area contributed by atoms with Crippen molar-refractivity contribution in [1.82, 2.24) is 5.32 Å². The van der Waals surface area contributed by atoms with Crippen molar-refractivity contribution < 1.29 is 19.5 Å². The molecule has 5 nitrogen and oxygen atoms in total. The molecule has 0 radical (unpaired) electrons. The van der Waals surface area contributed by atoms with E-state index in [1.54, 1.807) is 13.8 Å². The van der Waals surface area contributed by atoms with Crippen molar-refractivity contribution in [3.05, 3.63) is 35.9 Å². The molecule has 0 aliphatic carbocycles. The van der Waals surface area contributed by atoms with Crippen molar-refractivity contribution in [2.24, 2.45) is 5.92 Å². The number of amides is 1. The fourth-order valence-corrected chi connectivity index (χ4v) is 2.68. The summed E-state index contributed by atoms with van der Waals surface area (Å²) in [6.45, 7) is 3.32. The van der Waals surface area contributed by atoms with Gasteiger partial charge in [0.05, 0.1) is 12.3 Å². The van der Waals surface area contributed by atoms with Gasteiger partial charge in [-0.25, -0.2) is 0 Å². The topological polar surface area (TPSA) is 83.5 Å². The molecule has 0 spiro atoms. The highest BCUT2D eigenvalue weighted by atomic mass is 32.2. The largest absolute Gasteiger partial charge is 0.481 e. The number of carbonyl (C=O) groups is 3. The van der Waals surface area contributed by atoms with Crippen molar-refractivity contribution in [3.8, 4) is 0 Å². The summed E-state index contributed by atoms with van der Waals surface area (Å²) in [5, 5.41) is 11.2. The summed E-state index contributed by atoms with van der Waals surface area (Å²) in [6, 6.07) is 9.23. The van der Waals surface area contributed by atoms with Gasteiger partial charge < -0.3 is 10.4 Å². The van der Waals surface area contributed by atoms with E-state index in [1.807, 2.05) is 30.3 Å². The second-order valence-corrected chi connectivity index (χ2v) is 6.02. The van der Waals surface area contributed by atoms with Crippen molar-refractivity contribution in [2.75, 3.05) is 5.88 Å². The van der Waals surface area contributed by atoms with Crippen LogP contribution in [0.2, 0.25) is 0 Å². The van der Waals surface area contributed by atoms with Crippen LogP contribution in [-0.2, 0) is 14.4 Å². The Bertz CT molecular complexity index is 502. The molecular formula is C15H19NO4S. The van der Waals surface area contributed by atoms with Crippen molar-refractivity contribution in [2.45, 2.75) is 25.5 Å². The van der Waals surface area contributed by atoms with E-state index in [-0.39, 0.29) is 23.5 Å². The Morgan fingerprint density at radius 1 is 1.19 bits per heavy atom. The maximum absolute atomic E-state index is 11.5. The summed E-state index contributed by atoms with van der Waals surface area (Å²) in [4.78, 5) is 33.9. The molecule has 0 aliphatic rings. The lowest BCUT2D eigenvalue weighted by Crippen LogP contribution is -2.33. The van der Waals surface area contributed by atoms with E-state index in [1.165, 1.54) is 11.8 Å². The number of thioether (sulfide) groups is 1. The number of carboxylic acids is 1. The molecule has 114 valence electrons. The van der Waals surface area contributed by atoms with Gasteiger partial charge in [0.15, 0.2) is 0 Å². The van der Waals surface area contributed by atoms with Gasteiger partial charge in [0.1, 0.15) is 0 Å². The van der Waals surface area contributed by atoms with Crippen molar-refractivity contribution >= 4 is 29.4 Å². The maximum atomic E-state index is 11.5. The molecule has 0 aliphatic heterocycles. The summed E-state index contributed by atoms with van der Waals surface area (Å²) >= 11 is 1.30. The van der Waals surface area contributed by atoms with E-state index in [4.69, 9.17) is 5.11 Å². The standard InChI is InChI=1S/C15H19NO4S/c1-10(2)14(19)15(20)16-9-21-12(8-13(17)18)11-6-4-3-5-7-11/h3-7,10,12H,8-9H2,1-2H3,(H,16,20)(H,17,18). The number of carbonyl (C=O) groups excluding carboxylic acids is 2. The number of Topliss-reactive ketones (excluding diaryl/α,β-unsaturated/α-hetero) is 1. The summed E-state index contributed by atoms with van der Waals surface area (Å²) < 4.78 is 0. The first-order valence-electron chi connectivity index (χ1n) is 6.62. The van der Waals surface area contributed by atoms with Crippen molar-refractivity contribution in [3.63, 3.8) is 0 Å². The molecule has 2 N–H and O–H groups in total. The molecule has 0 bridgehead atoms. The molecule has 1 atom stereocenters. The van der Waals surface area contributed by atoms with Gasteiger partial charge in [-0.05, 0) is 5.56 Å². The zero-order valence-corrected chi connectivity index (χ0v) is 12.9. The number of aliphatic carboxylic acids is 1. The highest BCUT2D eigenvalue weighted by Gasteiger charge is 2.19. The molecule has 1 amide bonds. The zero-order valence-electron chi connectivity index (χ0n) is 12.0. The third kappa shape index (κ3) is 5.99. The van der Waals surface area contributed by atoms with Crippen LogP contribution in [0.3, 0.4) is 0 Å². The van der Waals surface area contributed by atoms with E-state index < -0.39 is 17.7 Å². The van der Waals surface area contributed by atoms with Gasteiger partial charge in [0, 0.05) is 11.2 Å². The third-order valence-electron chi connectivity index (χ3n) is 2.80. The smallest absolute Gasteiger partial charge is 0.304 e. The minimum Gasteiger partial charge on any atom is -0.481 e. The minimum absolute atomic E-state index is 0.0390. The van der Waals surface area contributed by atoms with Crippen LogP contribution in [0.25, 0.3) is 0 Å². The molecule has 6 heteroatoms. The lowest BCUT2D eigenvalue weighted by atomic mass is 10.1. The Labute approximate surface area is 128 Å². The first kappa shape index (κ1) is 17.2. The van der Waals surface area contributed by atoms with E-state index >= 15 is 0 Å². The van der Waals surface area contributed by atoms with Gasteiger partial charge in [-0.1, -0.05) is 44.2 Å². The Kier molecular flexibility index (Phi) is 6.94. The molecule has 1 aromatic rings. The highest BCUT2D eigenvalue weighted by Crippen LogP contribution is 2.31. The number of benzene rings is 1. The Balaban J connectivity index is 2.57. The van der Waals surface area contributed by atoms with Crippen LogP contribution in [0, 0.1) is 5.92 Å². The number of carboxylic acid groups (broad SMARTS) is 1. The average molecular weight is 309 g/mol. The van der Waals surface area contributed by atoms with Crippen LogP contribution in [0.15, 0.2) is 30.3 Å². The van der Waals surface area contributed by atoms with Gasteiger partial charge in [0.25, 0.3) is 5.91 Å². The van der Waals surface area contributed by atoms with Gasteiger partial charge in [-0.15, -0.1) is 11.8 Å². The van der Waals surface area contributed by atoms with E-state index in [0.717, 1.165) is 5.56 Å². The average Bonchev–Trinajstić information content (AvgIpc) is 2.45. The van der Waals surface area contributed by atoms with Crippen LogP contribution in [-0.4, -0.2) is 28.6 Å².